The van der Waals surface area contributed by atoms with Gasteiger partial charge in [0.2, 0.25) is 5.91 Å². The summed E-state index contributed by atoms with van der Waals surface area (Å²) in [6, 6.07) is 14.8. The number of amides is 1. The summed E-state index contributed by atoms with van der Waals surface area (Å²) in [6.45, 7) is 10.9. The van der Waals surface area contributed by atoms with Crippen LogP contribution >= 0.6 is 0 Å². The molecule has 2 aromatic carbocycles. The van der Waals surface area contributed by atoms with Crippen molar-refractivity contribution in [2.24, 2.45) is 0 Å². The van der Waals surface area contributed by atoms with E-state index in [0.717, 1.165) is 13.0 Å². The van der Waals surface area contributed by atoms with Crippen LogP contribution in [0.3, 0.4) is 0 Å². The first-order chi connectivity index (χ1) is 11.6. The SMILES string of the molecule is CC.CCCNC(=O)[C@H](Cc1ccc2ccccc2c1)NC(C)C.[HH].[HH]. The van der Waals surface area contributed by atoms with E-state index in [9.17, 15) is 4.79 Å². The predicted molar refractivity (Wildman–Crippen MR) is 109 cm³/mol. The van der Waals surface area contributed by atoms with Crippen molar-refractivity contribution in [3.63, 3.8) is 0 Å². The molecule has 0 saturated heterocycles. The Morgan fingerprint density at radius 2 is 1.75 bits per heavy atom. The van der Waals surface area contributed by atoms with Gasteiger partial charge in [-0.1, -0.05) is 77.1 Å². The van der Waals surface area contributed by atoms with Crippen molar-refractivity contribution in [3.05, 3.63) is 48.0 Å². The molecule has 0 aliphatic rings. The molecule has 0 saturated carbocycles. The highest BCUT2D eigenvalue weighted by Gasteiger charge is 2.19. The lowest BCUT2D eigenvalue weighted by Crippen LogP contribution is -2.48. The Hall–Kier alpha value is -1.87. The Labute approximate surface area is 149 Å². The molecule has 0 aliphatic carbocycles. The summed E-state index contributed by atoms with van der Waals surface area (Å²) in [5.41, 5.74) is 1.18. The summed E-state index contributed by atoms with van der Waals surface area (Å²) in [7, 11) is 0. The van der Waals surface area contributed by atoms with Crippen LogP contribution in [0, 0.1) is 0 Å². The third kappa shape index (κ3) is 6.32. The van der Waals surface area contributed by atoms with Crippen LogP contribution in [0.1, 0.15) is 49.5 Å². The molecule has 0 heterocycles. The van der Waals surface area contributed by atoms with Crippen LogP contribution in [0.25, 0.3) is 10.8 Å². The molecule has 1 amide bonds. The van der Waals surface area contributed by atoms with Gasteiger partial charge in [0.25, 0.3) is 0 Å². The average Bonchev–Trinajstić information content (AvgIpc) is 2.60. The molecular formula is C21H36N2O. The van der Waals surface area contributed by atoms with Crippen molar-refractivity contribution < 1.29 is 7.65 Å². The van der Waals surface area contributed by atoms with E-state index in [1.165, 1.54) is 16.3 Å². The molecule has 0 fully saturated rings. The molecule has 136 valence electrons. The summed E-state index contributed by atoms with van der Waals surface area (Å²) < 4.78 is 0. The van der Waals surface area contributed by atoms with Gasteiger partial charge in [-0.05, 0) is 29.2 Å². The Morgan fingerprint density at radius 3 is 2.38 bits per heavy atom. The van der Waals surface area contributed by atoms with Gasteiger partial charge in [0.15, 0.2) is 0 Å². The van der Waals surface area contributed by atoms with Crippen LogP contribution in [0.15, 0.2) is 42.5 Å². The van der Waals surface area contributed by atoms with Gasteiger partial charge in [-0.15, -0.1) is 0 Å². The molecule has 2 aromatic rings. The van der Waals surface area contributed by atoms with E-state index in [-0.39, 0.29) is 20.8 Å². The van der Waals surface area contributed by atoms with E-state index < -0.39 is 0 Å². The molecule has 2 rings (SSSR count). The van der Waals surface area contributed by atoms with Gasteiger partial charge in [-0.2, -0.15) is 0 Å². The second-order valence-corrected chi connectivity index (χ2v) is 6.05. The van der Waals surface area contributed by atoms with Crippen LogP contribution in [-0.4, -0.2) is 24.5 Å². The van der Waals surface area contributed by atoms with Crippen molar-refractivity contribution in [3.8, 4) is 0 Å². The zero-order valence-corrected chi connectivity index (χ0v) is 15.7. The molecule has 0 radical (unpaired) electrons. The molecule has 0 aliphatic heterocycles. The third-order valence-electron chi connectivity index (χ3n) is 3.65. The van der Waals surface area contributed by atoms with Crippen molar-refractivity contribution in [1.82, 2.24) is 10.6 Å². The Bertz CT molecular complexity index is 632. The third-order valence-corrected chi connectivity index (χ3v) is 3.65. The number of hydrogen-bond acceptors (Lipinski definition) is 2. The lowest BCUT2D eigenvalue weighted by molar-refractivity contribution is -0.123. The quantitative estimate of drug-likeness (QED) is 0.765. The van der Waals surface area contributed by atoms with E-state index in [4.69, 9.17) is 0 Å². The molecular weight excluding hydrogens is 296 g/mol. The largest absolute Gasteiger partial charge is 0.355 e. The number of carbonyl (C=O) groups is 1. The van der Waals surface area contributed by atoms with E-state index in [2.05, 4.69) is 61.7 Å². The minimum absolute atomic E-state index is 0. The monoisotopic (exact) mass is 332 g/mol. The molecule has 3 nitrogen and oxygen atoms in total. The maximum absolute atomic E-state index is 12.3. The smallest absolute Gasteiger partial charge is 0.237 e. The lowest BCUT2D eigenvalue weighted by atomic mass is 10.0. The van der Waals surface area contributed by atoms with Crippen molar-refractivity contribution in [2.75, 3.05) is 6.54 Å². The number of rotatable bonds is 7. The fraction of sp³-hybridized carbons (Fsp3) is 0.476. The number of hydrogen-bond donors (Lipinski definition) is 2. The van der Waals surface area contributed by atoms with Crippen molar-refractivity contribution in [1.29, 1.82) is 0 Å². The van der Waals surface area contributed by atoms with Gasteiger partial charge in [0.05, 0.1) is 6.04 Å². The fourth-order valence-electron chi connectivity index (χ4n) is 2.60. The predicted octanol–water partition coefficient (Wildman–Crippen LogP) is 4.79. The molecule has 1 atom stereocenters. The van der Waals surface area contributed by atoms with Gasteiger partial charge < -0.3 is 10.6 Å². The van der Waals surface area contributed by atoms with Gasteiger partial charge in [0.1, 0.15) is 0 Å². The zero-order valence-electron chi connectivity index (χ0n) is 15.7. The first-order valence-corrected chi connectivity index (χ1v) is 9.11. The summed E-state index contributed by atoms with van der Waals surface area (Å²) >= 11 is 0. The van der Waals surface area contributed by atoms with Crippen LogP contribution in [0.2, 0.25) is 0 Å². The van der Waals surface area contributed by atoms with Crippen LogP contribution in [0.5, 0.6) is 0 Å². The topological polar surface area (TPSA) is 41.1 Å². The summed E-state index contributed by atoms with van der Waals surface area (Å²) in [4.78, 5) is 12.3. The summed E-state index contributed by atoms with van der Waals surface area (Å²) in [5, 5.41) is 8.82. The standard InChI is InChI=1S/C19H26N2O.C2H6.2H2/c1-4-11-20-19(22)18(21-14(2)3)13-15-9-10-16-7-5-6-8-17(16)12-15;1-2;;/h5-10,12,14,18,21H,4,11,13H2,1-3H3,(H,20,22);1-2H3;2*1H/t18-;;;/m0.../s1. The highest BCUT2D eigenvalue weighted by atomic mass is 16.2. The van der Waals surface area contributed by atoms with Gasteiger partial charge in [0, 0.05) is 15.4 Å². The van der Waals surface area contributed by atoms with E-state index in [1.54, 1.807) is 0 Å². The maximum atomic E-state index is 12.3. The van der Waals surface area contributed by atoms with E-state index >= 15 is 0 Å². The molecule has 0 bridgehead atoms. The number of nitrogens with one attached hydrogen (secondary N) is 2. The Balaban J connectivity index is 0. The average molecular weight is 333 g/mol. The second-order valence-electron chi connectivity index (χ2n) is 6.05. The van der Waals surface area contributed by atoms with Crippen LogP contribution in [-0.2, 0) is 11.2 Å². The number of fused-ring (bicyclic) bond motifs is 1. The zero-order chi connectivity index (χ0) is 17.9. The van der Waals surface area contributed by atoms with Crippen molar-refractivity contribution in [2.45, 2.75) is 59.5 Å². The van der Waals surface area contributed by atoms with Gasteiger partial charge in [-0.25, -0.2) is 0 Å². The minimum Gasteiger partial charge on any atom is -0.355 e. The fourth-order valence-corrected chi connectivity index (χ4v) is 2.60. The Kier molecular flexibility index (Phi) is 9.10. The summed E-state index contributed by atoms with van der Waals surface area (Å²) in [6.07, 6.45) is 1.66. The maximum Gasteiger partial charge on any atom is 0.237 e. The summed E-state index contributed by atoms with van der Waals surface area (Å²) in [5.74, 6) is 0.0868. The van der Waals surface area contributed by atoms with E-state index in [1.807, 2.05) is 26.0 Å². The molecule has 0 aromatic heterocycles. The molecule has 3 heteroatoms. The molecule has 24 heavy (non-hydrogen) atoms. The molecule has 0 spiro atoms. The first-order valence-electron chi connectivity index (χ1n) is 9.11. The lowest BCUT2D eigenvalue weighted by Gasteiger charge is -2.21. The second kappa shape index (κ2) is 10.8. The molecule has 0 unspecified atom stereocenters. The number of carbonyl (C=O) groups excluding carboxylic acids is 1. The highest BCUT2D eigenvalue weighted by molar-refractivity contribution is 5.84. The molecule has 2 N–H and O–H groups in total. The first kappa shape index (κ1) is 20.2. The van der Waals surface area contributed by atoms with Crippen molar-refractivity contribution >= 4 is 16.7 Å². The van der Waals surface area contributed by atoms with Crippen LogP contribution < -0.4 is 10.6 Å². The highest BCUT2D eigenvalue weighted by Crippen LogP contribution is 2.17. The van der Waals surface area contributed by atoms with Gasteiger partial charge >= 0.3 is 0 Å². The normalized spacial score (nSPS) is 11.8. The number of benzene rings is 2. The van der Waals surface area contributed by atoms with Gasteiger partial charge in [-0.3, -0.25) is 4.79 Å². The minimum atomic E-state index is -0.187. The van der Waals surface area contributed by atoms with Crippen LogP contribution in [0.4, 0.5) is 0 Å². The van der Waals surface area contributed by atoms with E-state index in [0.29, 0.717) is 6.42 Å². The Morgan fingerprint density at radius 1 is 1.08 bits per heavy atom.